The summed E-state index contributed by atoms with van der Waals surface area (Å²) in [6.07, 6.45) is 70.8. The maximum Gasteiger partial charge on any atom is 0.306 e. The van der Waals surface area contributed by atoms with Gasteiger partial charge in [-0.2, -0.15) is 0 Å². The van der Waals surface area contributed by atoms with Crippen LogP contribution in [0.5, 0.6) is 0 Å². The minimum absolute atomic E-state index is 0.0634. The van der Waals surface area contributed by atoms with Crippen molar-refractivity contribution in [3.63, 3.8) is 0 Å². The van der Waals surface area contributed by atoms with Crippen molar-refractivity contribution < 1.29 is 28.6 Å². The molecule has 0 aliphatic carbocycles. The third-order valence-electron chi connectivity index (χ3n) is 14.8. The summed E-state index contributed by atoms with van der Waals surface area (Å²) in [6.45, 7) is 6.70. The van der Waals surface area contributed by atoms with Gasteiger partial charge in [-0.1, -0.05) is 315 Å². The monoisotopic (exact) mass is 1000 g/mol. The van der Waals surface area contributed by atoms with Crippen molar-refractivity contribution in [2.24, 2.45) is 0 Å². The molecule has 0 aliphatic rings. The number of hydrogen-bond donors (Lipinski definition) is 0. The van der Waals surface area contributed by atoms with Crippen LogP contribution in [0.4, 0.5) is 0 Å². The molecule has 0 heterocycles. The van der Waals surface area contributed by atoms with E-state index in [-0.39, 0.29) is 31.1 Å². The zero-order valence-electron chi connectivity index (χ0n) is 48.3. The van der Waals surface area contributed by atoms with Gasteiger partial charge in [-0.15, -0.1) is 0 Å². The summed E-state index contributed by atoms with van der Waals surface area (Å²) >= 11 is 0. The highest BCUT2D eigenvalue weighted by molar-refractivity contribution is 5.71. The first-order chi connectivity index (χ1) is 35.0. The van der Waals surface area contributed by atoms with Gasteiger partial charge in [0, 0.05) is 19.3 Å². The molecule has 0 aromatic rings. The maximum absolute atomic E-state index is 12.8. The molecule has 0 aromatic heterocycles. The molecule has 71 heavy (non-hydrogen) atoms. The highest BCUT2D eigenvalue weighted by Crippen LogP contribution is 2.18. The normalized spacial score (nSPS) is 12.0. The summed E-state index contributed by atoms with van der Waals surface area (Å²) in [6, 6.07) is 0. The van der Waals surface area contributed by atoms with Crippen LogP contribution in [0.15, 0.2) is 12.2 Å². The lowest BCUT2D eigenvalue weighted by atomic mass is 10.0. The fourth-order valence-corrected chi connectivity index (χ4v) is 9.91. The fourth-order valence-electron chi connectivity index (χ4n) is 9.91. The Morgan fingerprint density at radius 1 is 0.268 bits per heavy atom. The van der Waals surface area contributed by atoms with Crippen LogP contribution >= 0.6 is 0 Å². The Morgan fingerprint density at radius 3 is 0.704 bits per heavy atom. The predicted molar refractivity (Wildman–Crippen MR) is 307 cm³/mol. The lowest BCUT2D eigenvalue weighted by Gasteiger charge is -2.18. The van der Waals surface area contributed by atoms with E-state index >= 15 is 0 Å². The predicted octanol–water partition coefficient (Wildman–Crippen LogP) is 21.7. The standard InChI is InChI=1S/C65H124O6/c1-4-7-10-13-16-19-22-24-26-28-30-32-34-36-38-40-43-45-48-51-54-57-63(66)69-60-62(71-65(68)59-56-53-50-47-42-21-18-15-12-9-6-3)61-70-64(67)58-55-52-49-46-44-41-39-37-35-33-31-29-27-25-23-20-17-14-11-8-5-2/h24,26,62H,4-23,25,27-61H2,1-3H3/b26-24-/t62-/m1/s1. The van der Waals surface area contributed by atoms with E-state index in [0.717, 1.165) is 57.8 Å². The first-order valence-corrected chi connectivity index (χ1v) is 32.2. The van der Waals surface area contributed by atoms with Gasteiger partial charge in [0.25, 0.3) is 0 Å². The lowest BCUT2D eigenvalue weighted by molar-refractivity contribution is -0.167. The molecular formula is C65H124O6. The number of hydrogen-bond acceptors (Lipinski definition) is 6. The number of carbonyl (C=O) groups is 3. The van der Waals surface area contributed by atoms with Gasteiger partial charge >= 0.3 is 17.9 Å². The van der Waals surface area contributed by atoms with Gasteiger partial charge in [0.15, 0.2) is 6.10 Å². The minimum Gasteiger partial charge on any atom is -0.462 e. The molecule has 0 unspecified atom stereocenters. The van der Waals surface area contributed by atoms with Crippen LogP contribution in [0.2, 0.25) is 0 Å². The Kier molecular flexibility index (Phi) is 59.1. The highest BCUT2D eigenvalue weighted by Gasteiger charge is 2.19. The van der Waals surface area contributed by atoms with Gasteiger partial charge in [-0.25, -0.2) is 0 Å². The van der Waals surface area contributed by atoms with Crippen LogP contribution in [0.3, 0.4) is 0 Å². The number of unbranched alkanes of at least 4 members (excludes halogenated alkanes) is 47. The summed E-state index contributed by atoms with van der Waals surface area (Å²) in [4.78, 5) is 38.2. The van der Waals surface area contributed by atoms with Crippen molar-refractivity contribution in [1.82, 2.24) is 0 Å². The zero-order valence-corrected chi connectivity index (χ0v) is 48.3. The lowest BCUT2D eigenvalue weighted by Crippen LogP contribution is -2.30. The first-order valence-electron chi connectivity index (χ1n) is 32.2. The Hall–Kier alpha value is -1.85. The van der Waals surface area contributed by atoms with E-state index in [4.69, 9.17) is 14.2 Å². The maximum atomic E-state index is 12.8. The third-order valence-corrected chi connectivity index (χ3v) is 14.8. The molecule has 0 aromatic carbocycles. The van der Waals surface area contributed by atoms with E-state index in [0.29, 0.717) is 19.3 Å². The van der Waals surface area contributed by atoms with E-state index in [1.807, 2.05) is 0 Å². The molecule has 0 spiro atoms. The SMILES string of the molecule is CCCCCCCC/C=C\CCCCCCCCCCCCCC(=O)OC[C@H](COC(=O)CCCCCCCCCCCCCCCCCCCCCCC)OC(=O)CCCCCCCCCCCCC. The van der Waals surface area contributed by atoms with Gasteiger partial charge in [-0.05, 0) is 44.9 Å². The van der Waals surface area contributed by atoms with E-state index in [2.05, 4.69) is 32.9 Å². The molecule has 0 radical (unpaired) electrons. The van der Waals surface area contributed by atoms with Crippen molar-refractivity contribution in [3.05, 3.63) is 12.2 Å². The molecule has 0 amide bonds. The molecule has 420 valence electrons. The van der Waals surface area contributed by atoms with Crippen molar-refractivity contribution in [2.75, 3.05) is 13.2 Å². The van der Waals surface area contributed by atoms with Crippen LogP contribution < -0.4 is 0 Å². The topological polar surface area (TPSA) is 78.9 Å². The Bertz CT molecular complexity index is 1100. The van der Waals surface area contributed by atoms with Gasteiger partial charge in [0.2, 0.25) is 0 Å². The van der Waals surface area contributed by atoms with Crippen molar-refractivity contribution in [1.29, 1.82) is 0 Å². The number of carbonyl (C=O) groups excluding carboxylic acids is 3. The number of ether oxygens (including phenoxy) is 3. The molecule has 0 aliphatic heterocycles. The number of rotatable bonds is 60. The zero-order chi connectivity index (χ0) is 51.4. The van der Waals surface area contributed by atoms with Gasteiger partial charge in [0.05, 0.1) is 0 Å². The van der Waals surface area contributed by atoms with Crippen molar-refractivity contribution in [2.45, 2.75) is 374 Å². The highest BCUT2D eigenvalue weighted by atomic mass is 16.6. The van der Waals surface area contributed by atoms with E-state index in [9.17, 15) is 14.4 Å². The third kappa shape index (κ3) is 58.9. The first kappa shape index (κ1) is 69.2. The van der Waals surface area contributed by atoms with Gasteiger partial charge in [-0.3, -0.25) is 14.4 Å². The molecule has 6 nitrogen and oxygen atoms in total. The summed E-state index contributed by atoms with van der Waals surface area (Å²) in [5.41, 5.74) is 0. The fraction of sp³-hybridized carbons (Fsp3) is 0.923. The molecular weight excluding hydrogens is 877 g/mol. The Morgan fingerprint density at radius 2 is 0.465 bits per heavy atom. The number of allylic oxidation sites excluding steroid dienone is 2. The van der Waals surface area contributed by atoms with Crippen LogP contribution in [0.25, 0.3) is 0 Å². The summed E-state index contributed by atoms with van der Waals surface area (Å²) in [7, 11) is 0. The molecule has 0 saturated heterocycles. The quantitative estimate of drug-likeness (QED) is 0.0261. The summed E-state index contributed by atoms with van der Waals surface area (Å²) in [5.74, 6) is -0.836. The molecule has 0 fully saturated rings. The van der Waals surface area contributed by atoms with Crippen LogP contribution in [-0.2, 0) is 28.6 Å². The summed E-state index contributed by atoms with van der Waals surface area (Å²) in [5, 5.41) is 0. The van der Waals surface area contributed by atoms with Gasteiger partial charge < -0.3 is 14.2 Å². The second kappa shape index (κ2) is 60.7. The Labute approximate surface area is 443 Å². The molecule has 0 N–H and O–H groups in total. The van der Waals surface area contributed by atoms with Gasteiger partial charge in [0.1, 0.15) is 13.2 Å². The number of esters is 3. The van der Waals surface area contributed by atoms with E-state index in [1.165, 1.54) is 270 Å². The molecule has 0 rings (SSSR count). The second-order valence-corrected chi connectivity index (χ2v) is 22.0. The average molecular weight is 1000 g/mol. The Balaban J connectivity index is 4.19. The van der Waals surface area contributed by atoms with E-state index in [1.54, 1.807) is 0 Å². The molecule has 0 bridgehead atoms. The van der Waals surface area contributed by atoms with Crippen molar-refractivity contribution in [3.8, 4) is 0 Å². The van der Waals surface area contributed by atoms with Crippen molar-refractivity contribution >= 4 is 17.9 Å². The molecule has 1 atom stereocenters. The molecule has 0 saturated carbocycles. The smallest absolute Gasteiger partial charge is 0.306 e. The van der Waals surface area contributed by atoms with E-state index < -0.39 is 6.10 Å². The van der Waals surface area contributed by atoms with Crippen LogP contribution in [0.1, 0.15) is 367 Å². The largest absolute Gasteiger partial charge is 0.462 e. The molecule has 6 heteroatoms. The minimum atomic E-state index is -0.764. The summed E-state index contributed by atoms with van der Waals surface area (Å²) < 4.78 is 16.9. The van der Waals surface area contributed by atoms with Crippen LogP contribution in [0, 0.1) is 0 Å². The van der Waals surface area contributed by atoms with Crippen LogP contribution in [-0.4, -0.2) is 37.2 Å². The average Bonchev–Trinajstić information content (AvgIpc) is 3.37. The second-order valence-electron chi connectivity index (χ2n) is 22.0.